The van der Waals surface area contributed by atoms with Crippen molar-refractivity contribution in [3.05, 3.63) is 70.1 Å². The first kappa shape index (κ1) is 54.1. The van der Waals surface area contributed by atoms with E-state index in [1.54, 1.807) is 12.1 Å². The van der Waals surface area contributed by atoms with E-state index >= 15 is 0 Å². The van der Waals surface area contributed by atoms with Crippen molar-refractivity contribution in [3.63, 3.8) is 0 Å². The van der Waals surface area contributed by atoms with Crippen LogP contribution in [0.3, 0.4) is 0 Å². The van der Waals surface area contributed by atoms with Gasteiger partial charge in [-0.25, -0.2) is 9.59 Å². The third-order valence-corrected chi connectivity index (χ3v) is 8.57. The Bertz CT molecular complexity index is 1900. The van der Waals surface area contributed by atoms with Crippen molar-refractivity contribution in [1.29, 1.82) is 0 Å². The van der Waals surface area contributed by atoms with Crippen LogP contribution in [0.5, 0.6) is 11.5 Å². The van der Waals surface area contributed by atoms with Gasteiger partial charge in [0.05, 0.1) is 79.3 Å². The molecule has 0 saturated carbocycles. The molecule has 0 atom stereocenters. The fourth-order valence-corrected chi connectivity index (χ4v) is 5.25. The summed E-state index contributed by atoms with van der Waals surface area (Å²) >= 11 is 0. The summed E-state index contributed by atoms with van der Waals surface area (Å²) in [6.45, 7) is 6.30. The molecule has 5 N–H and O–H groups in total. The third kappa shape index (κ3) is 24.6. The summed E-state index contributed by atoms with van der Waals surface area (Å²) in [6, 6.07) is 11.6. The smallest absolute Gasteiger partial charge is 0.484 e. The molecule has 0 radical (unpaired) electrons. The van der Waals surface area contributed by atoms with Crippen molar-refractivity contribution in [3.8, 4) is 11.5 Å². The maximum Gasteiger partial charge on any atom is 0.491 e. The van der Waals surface area contributed by atoms with Crippen LogP contribution in [0.2, 0.25) is 0 Å². The van der Waals surface area contributed by atoms with Gasteiger partial charge in [0, 0.05) is 50.7 Å². The van der Waals surface area contributed by atoms with E-state index in [0.29, 0.717) is 116 Å². The Balaban J connectivity index is 1.11. The Kier molecular flexibility index (Phi) is 27.0. The fourth-order valence-electron chi connectivity index (χ4n) is 5.25. The van der Waals surface area contributed by atoms with Crippen LogP contribution in [0.1, 0.15) is 35.2 Å². The normalized spacial score (nSPS) is 11.4. The summed E-state index contributed by atoms with van der Waals surface area (Å²) in [5.74, 6) is -3.40. The Morgan fingerprint density at radius 3 is 1.77 bits per heavy atom. The van der Waals surface area contributed by atoms with Gasteiger partial charge in [-0.2, -0.15) is 13.2 Å². The lowest BCUT2D eigenvalue weighted by molar-refractivity contribution is -0.189. The Labute approximate surface area is 374 Å². The molecule has 3 rings (SSSR count). The van der Waals surface area contributed by atoms with Gasteiger partial charge in [-0.3, -0.25) is 14.4 Å². The molecule has 3 aromatic rings. The Hall–Kier alpha value is -5.20. The molecular weight excluding hydrogens is 869 g/mol. The van der Waals surface area contributed by atoms with E-state index in [1.165, 1.54) is 36.4 Å². The molecule has 0 aliphatic heterocycles. The zero-order valence-corrected chi connectivity index (χ0v) is 36.2. The number of halogens is 3. The first-order valence-corrected chi connectivity index (χ1v) is 21.1. The quantitative estimate of drug-likeness (QED) is 0.0282. The average molecular weight is 929 g/mol. The minimum atomic E-state index is -5.08. The standard InChI is InChI=1S/C43H59F3N4O15/c44-43(45,46)42(55)64-34-6-3-32(4-7-34)9-13-48-38(51)10-17-58-21-25-61-27-28-62-26-22-59-18-14-49-39(52)31-63-35-8-5-33-29-36(41(54)65-37(33)30-35)40(53)50-12-2-16-57-20-24-60-23-19-56-15-1-11-47/h3-8,29-30H,1-2,9-28,31,47H2,(H,48,51)(H,49,52)(H,50,53). The van der Waals surface area contributed by atoms with Crippen LogP contribution in [-0.2, 0) is 54.0 Å². The molecule has 0 saturated heterocycles. The molecule has 0 fully saturated rings. The van der Waals surface area contributed by atoms with Crippen LogP contribution in [0, 0.1) is 0 Å². The molecular formula is C43H59F3N4O15. The Morgan fingerprint density at radius 1 is 0.600 bits per heavy atom. The molecule has 0 aliphatic carbocycles. The first-order valence-electron chi connectivity index (χ1n) is 21.1. The number of esters is 1. The van der Waals surface area contributed by atoms with E-state index in [2.05, 4.69) is 20.7 Å². The SMILES string of the molecule is NCCCOCCOCCOCCCNC(=O)c1cc2ccc(OCC(=O)NCCOCCOCCOCCOCCC(=O)NCCc3ccc(OC(=O)C(F)(F)F)cc3)cc2oc1=O. The minimum Gasteiger partial charge on any atom is -0.484 e. The summed E-state index contributed by atoms with van der Waals surface area (Å²) in [5.41, 5.74) is 5.39. The lowest BCUT2D eigenvalue weighted by Crippen LogP contribution is -2.32. The summed E-state index contributed by atoms with van der Waals surface area (Å²) < 4.78 is 90.0. The van der Waals surface area contributed by atoms with Gasteiger partial charge in [-0.15, -0.1) is 0 Å². The number of fused-ring (bicyclic) bond motifs is 1. The molecule has 65 heavy (non-hydrogen) atoms. The molecule has 0 spiro atoms. The van der Waals surface area contributed by atoms with Crippen molar-refractivity contribution in [1.82, 2.24) is 16.0 Å². The van der Waals surface area contributed by atoms with Crippen molar-refractivity contribution in [2.24, 2.45) is 5.73 Å². The lowest BCUT2D eigenvalue weighted by Gasteiger charge is -2.10. The summed E-state index contributed by atoms with van der Waals surface area (Å²) in [5, 5.41) is 8.59. The zero-order chi connectivity index (χ0) is 47.0. The van der Waals surface area contributed by atoms with E-state index in [0.717, 1.165) is 12.0 Å². The second kappa shape index (κ2) is 32.5. The van der Waals surface area contributed by atoms with Crippen molar-refractivity contribution < 1.29 is 79.4 Å². The number of ether oxygens (including phenoxy) is 9. The van der Waals surface area contributed by atoms with Crippen LogP contribution in [-0.4, -0.2) is 155 Å². The minimum absolute atomic E-state index is 0.136. The van der Waals surface area contributed by atoms with Crippen molar-refractivity contribution in [2.45, 2.75) is 31.9 Å². The van der Waals surface area contributed by atoms with Gasteiger partial charge in [0.15, 0.2) is 6.61 Å². The number of benzene rings is 2. The Morgan fingerprint density at radius 2 is 1.15 bits per heavy atom. The molecule has 3 amide bonds. The largest absolute Gasteiger partial charge is 0.491 e. The number of alkyl halides is 3. The molecule has 1 aromatic heterocycles. The predicted molar refractivity (Wildman–Crippen MR) is 227 cm³/mol. The molecule has 362 valence electrons. The molecule has 2 aromatic carbocycles. The molecule has 19 nitrogen and oxygen atoms in total. The number of carbonyl (C=O) groups excluding carboxylic acids is 4. The van der Waals surface area contributed by atoms with Crippen LogP contribution >= 0.6 is 0 Å². The van der Waals surface area contributed by atoms with E-state index in [4.69, 9.17) is 48.0 Å². The fraction of sp³-hybridized carbons (Fsp3) is 0.558. The van der Waals surface area contributed by atoms with Crippen LogP contribution in [0.15, 0.2) is 57.7 Å². The summed E-state index contributed by atoms with van der Waals surface area (Å²) in [7, 11) is 0. The number of nitrogens with two attached hydrogens (primary N) is 1. The number of nitrogens with one attached hydrogen (secondary N) is 3. The van der Waals surface area contributed by atoms with Crippen LogP contribution in [0.25, 0.3) is 11.0 Å². The number of carbonyl (C=O) groups is 4. The number of hydrogen-bond donors (Lipinski definition) is 4. The van der Waals surface area contributed by atoms with Crippen molar-refractivity contribution in [2.75, 3.05) is 125 Å². The summed E-state index contributed by atoms with van der Waals surface area (Å²) in [4.78, 5) is 60.3. The summed E-state index contributed by atoms with van der Waals surface area (Å²) in [6.07, 6.45) is -3.16. The van der Waals surface area contributed by atoms with E-state index in [9.17, 15) is 37.1 Å². The van der Waals surface area contributed by atoms with Gasteiger partial charge < -0.3 is 68.7 Å². The van der Waals surface area contributed by atoms with Gasteiger partial charge in [0.2, 0.25) is 5.91 Å². The molecule has 0 bridgehead atoms. The van der Waals surface area contributed by atoms with Gasteiger partial charge >= 0.3 is 17.8 Å². The second-order valence-electron chi connectivity index (χ2n) is 13.7. The zero-order valence-electron chi connectivity index (χ0n) is 36.2. The van der Waals surface area contributed by atoms with Gasteiger partial charge in [0.25, 0.3) is 11.8 Å². The lowest BCUT2D eigenvalue weighted by atomic mass is 10.1. The third-order valence-electron chi connectivity index (χ3n) is 8.57. The molecule has 22 heteroatoms. The second-order valence-corrected chi connectivity index (χ2v) is 13.7. The number of hydrogen-bond acceptors (Lipinski definition) is 16. The van der Waals surface area contributed by atoms with Crippen molar-refractivity contribution >= 4 is 34.7 Å². The predicted octanol–water partition coefficient (Wildman–Crippen LogP) is 2.09. The highest BCUT2D eigenvalue weighted by Gasteiger charge is 2.41. The van der Waals surface area contributed by atoms with Gasteiger partial charge in [0.1, 0.15) is 22.6 Å². The molecule has 1 heterocycles. The monoisotopic (exact) mass is 928 g/mol. The number of rotatable bonds is 36. The van der Waals surface area contributed by atoms with Crippen LogP contribution < -0.4 is 36.8 Å². The molecule has 0 aliphatic rings. The topological polar surface area (TPSA) is 244 Å². The highest BCUT2D eigenvalue weighted by Crippen LogP contribution is 2.22. The highest BCUT2D eigenvalue weighted by atomic mass is 19.4. The molecule has 0 unspecified atom stereocenters. The van der Waals surface area contributed by atoms with E-state index in [1.807, 2.05) is 0 Å². The van der Waals surface area contributed by atoms with E-state index in [-0.39, 0.29) is 68.1 Å². The highest BCUT2D eigenvalue weighted by molar-refractivity contribution is 5.96. The maximum absolute atomic E-state index is 12.6. The number of amides is 3. The maximum atomic E-state index is 12.6. The van der Waals surface area contributed by atoms with Crippen LogP contribution in [0.4, 0.5) is 13.2 Å². The average Bonchev–Trinajstić information content (AvgIpc) is 3.28. The van der Waals surface area contributed by atoms with E-state index < -0.39 is 23.7 Å². The first-order chi connectivity index (χ1) is 31.5. The van der Waals surface area contributed by atoms with Gasteiger partial charge in [-0.05, 0) is 61.7 Å². The van der Waals surface area contributed by atoms with Gasteiger partial charge in [-0.1, -0.05) is 12.1 Å².